The number of hydrogen-bond donors (Lipinski definition) is 0. The molecule has 124 valence electrons. The van der Waals surface area contributed by atoms with E-state index in [0.717, 1.165) is 0 Å². The maximum atomic E-state index is 12.4. The molecule has 21 heavy (non-hydrogen) atoms. The Labute approximate surface area is 131 Å². The monoisotopic (exact) mass is 333 g/mol. The van der Waals surface area contributed by atoms with Crippen LogP contribution in [0.2, 0.25) is 39.3 Å². The third-order valence-electron chi connectivity index (χ3n) is 2.98. The molecule has 0 aromatic rings. The highest BCUT2D eigenvalue weighted by Gasteiger charge is 2.44. The highest BCUT2D eigenvalue weighted by Crippen LogP contribution is 2.25. The molecule has 0 rings (SSSR count). The zero-order valence-electron chi connectivity index (χ0n) is 14.8. The third kappa shape index (κ3) is 6.75. The SMILES string of the molecule is CCOC(=O)CC(C(=O)OCC)N([Si](C)(C)C)[Si](C)(C)C. The van der Waals surface area contributed by atoms with Crippen molar-refractivity contribution in [2.24, 2.45) is 0 Å². The Morgan fingerprint density at radius 3 is 1.67 bits per heavy atom. The van der Waals surface area contributed by atoms with E-state index in [1.165, 1.54) is 0 Å². The van der Waals surface area contributed by atoms with Crippen LogP contribution in [0, 0.1) is 0 Å². The molecule has 0 saturated heterocycles. The predicted octanol–water partition coefficient (Wildman–Crippen LogP) is 2.84. The zero-order chi connectivity index (χ0) is 16.8. The van der Waals surface area contributed by atoms with Gasteiger partial charge in [0.25, 0.3) is 0 Å². The van der Waals surface area contributed by atoms with Crippen molar-refractivity contribution in [2.45, 2.75) is 65.6 Å². The first-order valence-corrected chi connectivity index (χ1v) is 14.5. The maximum absolute atomic E-state index is 12.4. The minimum Gasteiger partial charge on any atom is -0.466 e. The average molecular weight is 334 g/mol. The van der Waals surface area contributed by atoms with E-state index < -0.39 is 22.5 Å². The van der Waals surface area contributed by atoms with Crippen LogP contribution in [0.1, 0.15) is 20.3 Å². The molecule has 0 radical (unpaired) electrons. The minimum atomic E-state index is -1.78. The summed E-state index contributed by atoms with van der Waals surface area (Å²) in [7, 11) is -3.56. The van der Waals surface area contributed by atoms with Crippen molar-refractivity contribution in [2.75, 3.05) is 13.2 Å². The van der Waals surface area contributed by atoms with Crippen molar-refractivity contribution in [1.82, 2.24) is 4.23 Å². The molecule has 0 bridgehead atoms. The lowest BCUT2D eigenvalue weighted by molar-refractivity contribution is -0.153. The molecule has 0 fully saturated rings. The first-order valence-electron chi connectivity index (χ1n) is 7.56. The molecule has 0 aliphatic rings. The molecule has 1 atom stereocenters. The molecule has 0 saturated carbocycles. The van der Waals surface area contributed by atoms with Gasteiger partial charge in [0.15, 0.2) is 0 Å². The maximum Gasteiger partial charge on any atom is 0.322 e. The second kappa shape index (κ2) is 8.09. The van der Waals surface area contributed by atoms with Crippen molar-refractivity contribution >= 4 is 28.4 Å². The summed E-state index contributed by atoms with van der Waals surface area (Å²) in [6, 6.07) is -0.526. The normalized spacial score (nSPS) is 14.0. The molecule has 0 N–H and O–H groups in total. The number of esters is 2. The van der Waals surface area contributed by atoms with Crippen molar-refractivity contribution in [1.29, 1.82) is 0 Å². The molecule has 0 aromatic heterocycles. The van der Waals surface area contributed by atoms with Gasteiger partial charge in [-0.2, -0.15) is 0 Å². The fraction of sp³-hybridized carbons (Fsp3) is 0.857. The van der Waals surface area contributed by atoms with E-state index in [0.29, 0.717) is 13.2 Å². The number of rotatable bonds is 8. The smallest absolute Gasteiger partial charge is 0.322 e. The lowest BCUT2D eigenvalue weighted by Crippen LogP contribution is -2.65. The Balaban J connectivity index is 5.50. The molecule has 0 spiro atoms. The summed E-state index contributed by atoms with van der Waals surface area (Å²) in [6.45, 7) is 17.4. The summed E-state index contributed by atoms with van der Waals surface area (Å²) in [4.78, 5) is 24.3. The number of ether oxygens (including phenoxy) is 2. The Hall–Kier alpha value is -0.666. The molecule has 0 aliphatic carbocycles. The first kappa shape index (κ1) is 20.3. The molecule has 1 unspecified atom stereocenters. The van der Waals surface area contributed by atoms with Crippen LogP contribution in [0.5, 0.6) is 0 Å². The first-order chi connectivity index (χ1) is 9.45. The van der Waals surface area contributed by atoms with Crippen molar-refractivity contribution in [3.05, 3.63) is 0 Å². The van der Waals surface area contributed by atoms with Gasteiger partial charge in [0.05, 0.1) is 19.6 Å². The van der Waals surface area contributed by atoms with Crippen LogP contribution < -0.4 is 0 Å². The topological polar surface area (TPSA) is 55.8 Å². The third-order valence-corrected chi connectivity index (χ3v) is 10.5. The summed E-state index contributed by atoms with van der Waals surface area (Å²) in [5.41, 5.74) is 0. The van der Waals surface area contributed by atoms with E-state index in [1.807, 2.05) is 0 Å². The summed E-state index contributed by atoms with van der Waals surface area (Å²) < 4.78 is 12.5. The molecular weight excluding hydrogens is 302 g/mol. The van der Waals surface area contributed by atoms with Crippen molar-refractivity contribution in [3.8, 4) is 0 Å². The van der Waals surface area contributed by atoms with Crippen molar-refractivity contribution in [3.63, 3.8) is 0 Å². The summed E-state index contributed by atoms with van der Waals surface area (Å²) in [5, 5.41) is 0. The van der Waals surface area contributed by atoms with E-state index in [4.69, 9.17) is 9.47 Å². The number of nitrogens with zero attached hydrogens (tertiary/aromatic N) is 1. The number of carbonyl (C=O) groups is 2. The van der Waals surface area contributed by atoms with Gasteiger partial charge in [-0.05, 0) is 13.8 Å². The van der Waals surface area contributed by atoms with Gasteiger partial charge in [-0.1, -0.05) is 39.3 Å². The highest BCUT2D eigenvalue weighted by atomic mass is 28.4. The summed E-state index contributed by atoms with van der Waals surface area (Å²) >= 11 is 0. The van der Waals surface area contributed by atoms with Crippen LogP contribution in [0.25, 0.3) is 0 Å². The summed E-state index contributed by atoms with van der Waals surface area (Å²) in [6.07, 6.45) is 0.0706. The van der Waals surface area contributed by atoms with Gasteiger partial charge >= 0.3 is 11.9 Å². The van der Waals surface area contributed by atoms with Crippen molar-refractivity contribution < 1.29 is 19.1 Å². The number of hydrogen-bond acceptors (Lipinski definition) is 5. The molecule has 0 heterocycles. The minimum absolute atomic E-state index is 0.0706. The lowest BCUT2D eigenvalue weighted by Gasteiger charge is -2.47. The number of carbonyl (C=O) groups excluding carboxylic acids is 2. The zero-order valence-corrected chi connectivity index (χ0v) is 16.8. The quantitative estimate of drug-likeness (QED) is 0.505. The van der Waals surface area contributed by atoms with Crippen LogP contribution >= 0.6 is 0 Å². The second-order valence-electron chi connectivity index (χ2n) is 6.99. The van der Waals surface area contributed by atoms with Gasteiger partial charge in [-0.15, -0.1) is 0 Å². The molecule has 0 aromatic carbocycles. The largest absolute Gasteiger partial charge is 0.466 e. The molecule has 0 amide bonds. The fourth-order valence-corrected chi connectivity index (χ4v) is 13.2. The standard InChI is InChI=1S/C14H31NO4Si2/c1-9-18-13(16)11-12(14(17)19-10-2)15(20(3,4)5)21(6,7)8/h12H,9-11H2,1-8H3. The van der Waals surface area contributed by atoms with Crippen LogP contribution in [0.15, 0.2) is 0 Å². The fourth-order valence-electron chi connectivity index (χ4n) is 2.84. The van der Waals surface area contributed by atoms with E-state index in [-0.39, 0.29) is 18.4 Å². The van der Waals surface area contributed by atoms with E-state index in [2.05, 4.69) is 43.5 Å². The average Bonchev–Trinajstić information content (AvgIpc) is 2.24. The van der Waals surface area contributed by atoms with Gasteiger partial charge in [0.1, 0.15) is 22.5 Å². The Bertz CT molecular complexity index is 347. The van der Waals surface area contributed by atoms with Gasteiger partial charge in [0, 0.05) is 0 Å². The highest BCUT2D eigenvalue weighted by molar-refractivity contribution is 6.89. The molecule has 7 heteroatoms. The van der Waals surface area contributed by atoms with Crippen LogP contribution in [-0.2, 0) is 19.1 Å². The predicted molar refractivity (Wildman–Crippen MR) is 90.2 cm³/mol. The van der Waals surface area contributed by atoms with Gasteiger partial charge in [-0.3, -0.25) is 9.59 Å². The van der Waals surface area contributed by atoms with E-state index >= 15 is 0 Å². The van der Waals surface area contributed by atoms with E-state index in [9.17, 15) is 9.59 Å². The second-order valence-corrected chi connectivity index (χ2v) is 17.1. The Morgan fingerprint density at radius 1 is 0.905 bits per heavy atom. The molecule has 5 nitrogen and oxygen atoms in total. The Morgan fingerprint density at radius 2 is 1.33 bits per heavy atom. The van der Waals surface area contributed by atoms with E-state index in [1.54, 1.807) is 13.8 Å². The van der Waals surface area contributed by atoms with Gasteiger partial charge < -0.3 is 13.7 Å². The Kier molecular flexibility index (Phi) is 7.84. The summed E-state index contributed by atoms with van der Waals surface area (Å²) in [5.74, 6) is -0.646. The van der Waals surface area contributed by atoms with Crippen LogP contribution in [0.3, 0.4) is 0 Å². The molecule has 0 aliphatic heterocycles. The molecular formula is C14H31NO4Si2. The van der Waals surface area contributed by atoms with Crippen LogP contribution in [-0.4, -0.2) is 51.9 Å². The lowest BCUT2D eigenvalue weighted by atomic mass is 10.2. The van der Waals surface area contributed by atoms with Gasteiger partial charge in [-0.25, -0.2) is 0 Å². The van der Waals surface area contributed by atoms with Gasteiger partial charge in [0.2, 0.25) is 0 Å². The van der Waals surface area contributed by atoms with Crippen LogP contribution in [0.4, 0.5) is 0 Å².